The first-order chi connectivity index (χ1) is 13.6. The number of hydrogen-bond donors (Lipinski definition) is 2. The number of aromatic nitrogens is 1. The van der Waals surface area contributed by atoms with E-state index in [9.17, 15) is 4.79 Å². The second kappa shape index (κ2) is 8.56. The van der Waals surface area contributed by atoms with Crippen molar-refractivity contribution in [3.63, 3.8) is 0 Å². The highest BCUT2D eigenvalue weighted by atomic mass is 35.5. The summed E-state index contributed by atoms with van der Waals surface area (Å²) in [5.41, 5.74) is 3.06. The number of carbonyl (C=O) groups is 1. The fraction of sp³-hybridized carbons (Fsp3) is 0.318. The minimum Gasteiger partial charge on any atom is -0.371 e. The standard InChI is InChI=1S/C22H22Cl2N2O2/c23-15-7-8-16(20(24)9-15)18(11-26-22(27)13-28-12-14-5-6-14)19-10-25-21-4-2-1-3-17(19)21/h1-4,7-10,14,18,25H,5-6,11-13H2,(H,26,27). The van der Waals surface area contributed by atoms with Crippen molar-refractivity contribution in [1.82, 2.24) is 10.3 Å². The fourth-order valence-electron chi connectivity index (χ4n) is 3.42. The molecule has 0 radical (unpaired) electrons. The predicted octanol–water partition coefficient (Wildman–Crippen LogP) is 5.15. The summed E-state index contributed by atoms with van der Waals surface area (Å²) in [6.07, 6.45) is 4.40. The van der Waals surface area contributed by atoms with Crippen molar-refractivity contribution in [3.8, 4) is 0 Å². The van der Waals surface area contributed by atoms with Gasteiger partial charge in [-0.1, -0.05) is 47.5 Å². The third-order valence-corrected chi connectivity index (χ3v) is 5.68. The van der Waals surface area contributed by atoms with Gasteiger partial charge in [0, 0.05) is 39.6 Å². The summed E-state index contributed by atoms with van der Waals surface area (Å²) in [7, 11) is 0. The molecule has 146 valence electrons. The van der Waals surface area contributed by atoms with Crippen molar-refractivity contribution in [2.75, 3.05) is 19.8 Å². The van der Waals surface area contributed by atoms with Gasteiger partial charge >= 0.3 is 0 Å². The molecule has 1 amide bonds. The monoisotopic (exact) mass is 416 g/mol. The van der Waals surface area contributed by atoms with Gasteiger partial charge in [-0.05, 0) is 48.1 Å². The quantitative estimate of drug-likeness (QED) is 0.533. The Balaban J connectivity index is 1.55. The molecule has 1 aliphatic carbocycles. The highest BCUT2D eigenvalue weighted by Gasteiger charge is 2.23. The van der Waals surface area contributed by atoms with Crippen LogP contribution in [0.2, 0.25) is 10.0 Å². The number of amides is 1. The molecule has 1 fully saturated rings. The zero-order valence-electron chi connectivity index (χ0n) is 15.4. The minimum atomic E-state index is -0.115. The molecule has 4 nitrogen and oxygen atoms in total. The largest absolute Gasteiger partial charge is 0.371 e. The van der Waals surface area contributed by atoms with Gasteiger partial charge in [0.2, 0.25) is 5.91 Å². The Bertz CT molecular complexity index is 982. The summed E-state index contributed by atoms with van der Waals surface area (Å²) in [5.74, 6) is 0.420. The van der Waals surface area contributed by atoms with Crippen LogP contribution in [0.25, 0.3) is 10.9 Å². The van der Waals surface area contributed by atoms with Gasteiger partial charge in [-0.3, -0.25) is 4.79 Å². The number of nitrogens with one attached hydrogen (secondary N) is 2. The van der Waals surface area contributed by atoms with E-state index < -0.39 is 0 Å². The third kappa shape index (κ3) is 4.52. The lowest BCUT2D eigenvalue weighted by Gasteiger charge is -2.20. The van der Waals surface area contributed by atoms with Crippen LogP contribution >= 0.6 is 23.2 Å². The Kier molecular flexibility index (Phi) is 5.90. The lowest BCUT2D eigenvalue weighted by Crippen LogP contribution is -2.32. The molecule has 1 heterocycles. The molecule has 3 aromatic rings. The average Bonchev–Trinajstić information content (AvgIpc) is 3.41. The lowest BCUT2D eigenvalue weighted by molar-refractivity contribution is -0.125. The molecule has 1 unspecified atom stereocenters. The van der Waals surface area contributed by atoms with E-state index in [-0.39, 0.29) is 18.4 Å². The number of halogens is 2. The van der Waals surface area contributed by atoms with Gasteiger partial charge in [0.1, 0.15) is 6.61 Å². The Labute approximate surface area is 174 Å². The van der Waals surface area contributed by atoms with Crippen LogP contribution in [-0.2, 0) is 9.53 Å². The zero-order valence-corrected chi connectivity index (χ0v) is 16.9. The molecule has 4 rings (SSSR count). The number of fused-ring (bicyclic) bond motifs is 1. The molecule has 0 saturated heterocycles. The number of hydrogen-bond acceptors (Lipinski definition) is 2. The van der Waals surface area contributed by atoms with Crippen molar-refractivity contribution in [2.45, 2.75) is 18.8 Å². The molecule has 2 N–H and O–H groups in total. The topological polar surface area (TPSA) is 54.1 Å². The summed E-state index contributed by atoms with van der Waals surface area (Å²) in [6, 6.07) is 13.6. The van der Waals surface area contributed by atoms with Gasteiger partial charge in [-0.25, -0.2) is 0 Å². The van der Waals surface area contributed by atoms with Gasteiger partial charge in [0.05, 0.1) is 6.61 Å². The highest BCUT2D eigenvalue weighted by molar-refractivity contribution is 6.35. The Hall–Kier alpha value is -2.01. The SMILES string of the molecule is O=C(COCC1CC1)NCC(c1ccc(Cl)cc1Cl)c1c[nH]c2ccccc12. The first-order valence-corrected chi connectivity index (χ1v) is 10.2. The van der Waals surface area contributed by atoms with Crippen LogP contribution in [0.1, 0.15) is 29.9 Å². The predicted molar refractivity (Wildman–Crippen MR) is 113 cm³/mol. The van der Waals surface area contributed by atoms with Crippen LogP contribution < -0.4 is 5.32 Å². The number of H-pyrrole nitrogens is 1. The van der Waals surface area contributed by atoms with E-state index in [0.717, 1.165) is 22.0 Å². The third-order valence-electron chi connectivity index (χ3n) is 5.12. The molecule has 6 heteroatoms. The van der Waals surface area contributed by atoms with Crippen LogP contribution in [0.3, 0.4) is 0 Å². The van der Waals surface area contributed by atoms with Crippen LogP contribution in [0.15, 0.2) is 48.7 Å². The van der Waals surface area contributed by atoms with E-state index in [0.29, 0.717) is 29.1 Å². The summed E-state index contributed by atoms with van der Waals surface area (Å²) in [5, 5.41) is 5.28. The Morgan fingerprint density at radius 3 is 2.79 bits per heavy atom. The van der Waals surface area contributed by atoms with Crippen LogP contribution in [0, 0.1) is 5.92 Å². The number of para-hydroxylation sites is 1. The van der Waals surface area contributed by atoms with E-state index in [1.54, 1.807) is 6.07 Å². The average molecular weight is 417 g/mol. The molecule has 1 atom stereocenters. The van der Waals surface area contributed by atoms with Gasteiger partial charge in [0.25, 0.3) is 0 Å². The van der Waals surface area contributed by atoms with Crippen molar-refractivity contribution in [1.29, 1.82) is 0 Å². The van der Waals surface area contributed by atoms with Gasteiger partial charge in [-0.15, -0.1) is 0 Å². The summed E-state index contributed by atoms with van der Waals surface area (Å²) < 4.78 is 5.50. The lowest BCUT2D eigenvalue weighted by atomic mass is 9.90. The summed E-state index contributed by atoms with van der Waals surface area (Å²) in [6.45, 7) is 1.18. The molecular weight excluding hydrogens is 395 g/mol. The zero-order chi connectivity index (χ0) is 19.5. The molecule has 2 aromatic carbocycles. The summed E-state index contributed by atoms with van der Waals surface area (Å²) in [4.78, 5) is 15.6. The second-order valence-electron chi connectivity index (χ2n) is 7.27. The maximum absolute atomic E-state index is 12.3. The molecular formula is C22H22Cl2N2O2. The molecule has 1 aliphatic rings. The number of benzene rings is 2. The number of carbonyl (C=O) groups excluding carboxylic acids is 1. The Morgan fingerprint density at radius 1 is 1.18 bits per heavy atom. The highest BCUT2D eigenvalue weighted by Crippen LogP contribution is 2.35. The van der Waals surface area contributed by atoms with Gasteiger partial charge < -0.3 is 15.0 Å². The van der Waals surface area contributed by atoms with E-state index in [1.807, 2.05) is 36.5 Å². The number of rotatable bonds is 8. The van der Waals surface area contributed by atoms with Crippen molar-refractivity contribution in [2.24, 2.45) is 5.92 Å². The smallest absolute Gasteiger partial charge is 0.246 e. The molecule has 1 aromatic heterocycles. The van der Waals surface area contributed by atoms with Crippen LogP contribution in [0.4, 0.5) is 0 Å². The Morgan fingerprint density at radius 2 is 2.00 bits per heavy atom. The molecule has 0 aliphatic heterocycles. The van der Waals surface area contributed by atoms with Gasteiger partial charge in [-0.2, -0.15) is 0 Å². The molecule has 28 heavy (non-hydrogen) atoms. The van der Waals surface area contributed by atoms with Crippen LogP contribution in [0.5, 0.6) is 0 Å². The number of ether oxygens (including phenoxy) is 1. The molecule has 0 bridgehead atoms. The fourth-order valence-corrected chi connectivity index (χ4v) is 3.96. The van der Waals surface area contributed by atoms with E-state index in [1.165, 1.54) is 12.8 Å². The minimum absolute atomic E-state index is 0.0887. The maximum atomic E-state index is 12.3. The van der Waals surface area contributed by atoms with Crippen molar-refractivity contribution in [3.05, 3.63) is 69.8 Å². The van der Waals surface area contributed by atoms with Crippen LogP contribution in [-0.4, -0.2) is 30.6 Å². The second-order valence-corrected chi connectivity index (χ2v) is 8.11. The first-order valence-electron chi connectivity index (χ1n) is 9.47. The molecule has 1 saturated carbocycles. The number of aromatic amines is 1. The van der Waals surface area contributed by atoms with Crippen molar-refractivity contribution >= 4 is 40.0 Å². The van der Waals surface area contributed by atoms with Crippen molar-refractivity contribution < 1.29 is 9.53 Å². The van der Waals surface area contributed by atoms with E-state index in [4.69, 9.17) is 27.9 Å². The normalized spacial score (nSPS) is 14.9. The maximum Gasteiger partial charge on any atom is 0.246 e. The van der Waals surface area contributed by atoms with Gasteiger partial charge in [0.15, 0.2) is 0 Å². The first kappa shape index (κ1) is 19.3. The molecule has 0 spiro atoms. The van der Waals surface area contributed by atoms with E-state index in [2.05, 4.69) is 16.4 Å². The van der Waals surface area contributed by atoms with E-state index >= 15 is 0 Å². The summed E-state index contributed by atoms with van der Waals surface area (Å²) >= 11 is 12.6.